The lowest BCUT2D eigenvalue weighted by molar-refractivity contribution is -0.119. The first kappa shape index (κ1) is 22.7. The summed E-state index contributed by atoms with van der Waals surface area (Å²) in [7, 11) is -3.83. The number of amides is 2. The van der Waals surface area contributed by atoms with Crippen LogP contribution in [0.4, 0.5) is 5.69 Å². The number of halogens is 1. The number of sulfonamides is 1. The number of anilines is 1. The van der Waals surface area contributed by atoms with Crippen molar-refractivity contribution < 1.29 is 27.5 Å². The molecule has 3 N–H and O–H groups in total. The highest BCUT2D eigenvalue weighted by atomic mass is 35.5. The first-order valence-electron chi connectivity index (χ1n) is 9.35. The monoisotopic (exact) mass is 465 g/mol. The van der Waals surface area contributed by atoms with E-state index in [9.17, 15) is 22.8 Å². The minimum atomic E-state index is -3.83. The number of nitrogens with one attached hydrogen (secondary N) is 1. The second kappa shape index (κ2) is 9.46. The van der Waals surface area contributed by atoms with Crippen LogP contribution in [-0.2, 0) is 19.6 Å². The molecule has 0 bridgehead atoms. The van der Waals surface area contributed by atoms with Crippen molar-refractivity contribution in [3.05, 3.63) is 58.6 Å². The Morgan fingerprint density at radius 3 is 2.26 bits per heavy atom. The highest BCUT2D eigenvalue weighted by Crippen LogP contribution is 2.28. The lowest BCUT2D eigenvalue weighted by atomic mass is 10.2. The van der Waals surface area contributed by atoms with E-state index in [1.165, 1.54) is 40.7 Å². The summed E-state index contributed by atoms with van der Waals surface area (Å²) in [5, 5.41) is 2.51. The summed E-state index contributed by atoms with van der Waals surface area (Å²) in [4.78, 5) is 35.2. The van der Waals surface area contributed by atoms with Gasteiger partial charge in [0.25, 0.3) is 5.91 Å². The van der Waals surface area contributed by atoms with E-state index >= 15 is 0 Å². The molecule has 0 aliphatic carbocycles. The second-order valence-electron chi connectivity index (χ2n) is 6.82. The number of nitrogens with two attached hydrogens (primary N) is 1. The van der Waals surface area contributed by atoms with E-state index in [-0.39, 0.29) is 21.0 Å². The summed E-state index contributed by atoms with van der Waals surface area (Å²) in [6.45, 7) is 0.203. The molecule has 1 aliphatic rings. The lowest BCUT2D eigenvalue weighted by Gasteiger charge is -2.17. The molecule has 0 aromatic heterocycles. The SMILES string of the molecule is NC(=O)c1ccc(NC(=O)COC(=O)c2ccc(Cl)c(S(=O)(=O)N3CCCC3)c2)cc1. The van der Waals surface area contributed by atoms with E-state index in [4.69, 9.17) is 22.1 Å². The molecular formula is C20H20ClN3O6S. The summed E-state index contributed by atoms with van der Waals surface area (Å²) >= 11 is 6.06. The lowest BCUT2D eigenvalue weighted by Crippen LogP contribution is -2.28. The van der Waals surface area contributed by atoms with Gasteiger partial charge in [-0.1, -0.05) is 11.6 Å². The van der Waals surface area contributed by atoms with E-state index in [0.717, 1.165) is 18.9 Å². The van der Waals surface area contributed by atoms with Gasteiger partial charge in [0, 0.05) is 24.3 Å². The molecule has 2 amide bonds. The molecule has 1 aliphatic heterocycles. The molecule has 11 heteroatoms. The Kier molecular flexibility index (Phi) is 6.94. The molecule has 1 fully saturated rings. The van der Waals surface area contributed by atoms with Crippen molar-refractivity contribution in [2.45, 2.75) is 17.7 Å². The smallest absolute Gasteiger partial charge is 0.338 e. The predicted molar refractivity (Wildman–Crippen MR) is 113 cm³/mol. The molecule has 164 valence electrons. The Bertz CT molecular complexity index is 1110. The topological polar surface area (TPSA) is 136 Å². The first-order chi connectivity index (χ1) is 14.7. The molecule has 0 radical (unpaired) electrons. The molecule has 0 unspecified atom stereocenters. The van der Waals surface area contributed by atoms with Crippen molar-refractivity contribution in [1.82, 2.24) is 4.31 Å². The Hall–Kier alpha value is -2.95. The minimum Gasteiger partial charge on any atom is -0.452 e. The van der Waals surface area contributed by atoms with Gasteiger partial charge in [-0.25, -0.2) is 13.2 Å². The average molecular weight is 466 g/mol. The molecule has 3 rings (SSSR count). The Balaban J connectivity index is 1.64. The molecule has 31 heavy (non-hydrogen) atoms. The van der Waals surface area contributed by atoms with E-state index < -0.39 is 34.4 Å². The summed E-state index contributed by atoms with van der Waals surface area (Å²) in [6, 6.07) is 9.64. The highest BCUT2D eigenvalue weighted by molar-refractivity contribution is 7.89. The Labute approximate surface area is 184 Å². The number of nitrogens with zero attached hydrogens (tertiary/aromatic N) is 1. The fraction of sp³-hybridized carbons (Fsp3) is 0.250. The number of hydrogen-bond acceptors (Lipinski definition) is 6. The molecule has 2 aromatic carbocycles. The maximum atomic E-state index is 12.8. The number of carbonyl (C=O) groups is 3. The zero-order chi connectivity index (χ0) is 22.6. The number of rotatable bonds is 7. The Morgan fingerprint density at radius 1 is 1.03 bits per heavy atom. The molecule has 0 saturated carbocycles. The van der Waals surface area contributed by atoms with Gasteiger partial charge >= 0.3 is 5.97 Å². The van der Waals surface area contributed by atoms with Gasteiger partial charge in [-0.3, -0.25) is 9.59 Å². The van der Waals surface area contributed by atoms with E-state index in [1.54, 1.807) is 0 Å². The van der Waals surface area contributed by atoms with Gasteiger partial charge in [0.2, 0.25) is 15.9 Å². The van der Waals surface area contributed by atoms with Crippen LogP contribution in [0.15, 0.2) is 47.4 Å². The fourth-order valence-electron chi connectivity index (χ4n) is 3.02. The number of benzene rings is 2. The van der Waals surface area contributed by atoms with Crippen LogP contribution in [-0.4, -0.2) is 50.2 Å². The van der Waals surface area contributed by atoms with E-state index in [2.05, 4.69) is 5.32 Å². The average Bonchev–Trinajstić information content (AvgIpc) is 3.28. The van der Waals surface area contributed by atoms with Crippen molar-refractivity contribution in [1.29, 1.82) is 0 Å². The summed E-state index contributed by atoms with van der Waals surface area (Å²) in [6.07, 6.45) is 1.53. The molecule has 1 saturated heterocycles. The van der Waals surface area contributed by atoms with Gasteiger partial charge in [0.1, 0.15) is 4.90 Å². The van der Waals surface area contributed by atoms with Crippen molar-refractivity contribution in [3.8, 4) is 0 Å². The molecule has 0 atom stereocenters. The maximum Gasteiger partial charge on any atom is 0.338 e. The van der Waals surface area contributed by atoms with E-state index in [1.807, 2.05) is 0 Å². The second-order valence-corrected chi connectivity index (χ2v) is 9.14. The van der Waals surface area contributed by atoms with Gasteiger partial charge in [0.05, 0.1) is 10.6 Å². The number of esters is 1. The standard InChI is InChI=1S/C20H20ClN3O6S/c21-16-8-5-14(11-17(16)31(28,29)24-9-1-2-10-24)20(27)30-12-18(25)23-15-6-3-13(4-7-15)19(22)26/h3-8,11H,1-2,9-10,12H2,(H2,22,26)(H,23,25). The van der Waals surface area contributed by atoms with Crippen molar-refractivity contribution in [2.24, 2.45) is 5.73 Å². The van der Waals surface area contributed by atoms with Crippen LogP contribution in [0.3, 0.4) is 0 Å². The fourth-order valence-corrected chi connectivity index (χ4v) is 5.04. The molecule has 1 heterocycles. The van der Waals surface area contributed by atoms with Gasteiger partial charge < -0.3 is 15.8 Å². The van der Waals surface area contributed by atoms with Gasteiger partial charge in [-0.15, -0.1) is 0 Å². The van der Waals surface area contributed by atoms with Crippen molar-refractivity contribution in [3.63, 3.8) is 0 Å². The summed E-state index contributed by atoms with van der Waals surface area (Å²) < 4.78 is 31.8. The number of hydrogen-bond donors (Lipinski definition) is 2. The first-order valence-corrected chi connectivity index (χ1v) is 11.2. The third-order valence-electron chi connectivity index (χ3n) is 4.64. The van der Waals surface area contributed by atoms with Crippen LogP contribution in [0, 0.1) is 0 Å². The van der Waals surface area contributed by atoms with Crippen LogP contribution >= 0.6 is 11.6 Å². The normalized spacial score (nSPS) is 14.2. The largest absolute Gasteiger partial charge is 0.452 e. The van der Waals surface area contributed by atoms with Crippen LogP contribution in [0.2, 0.25) is 5.02 Å². The van der Waals surface area contributed by atoms with Crippen LogP contribution in [0.5, 0.6) is 0 Å². The zero-order valence-electron chi connectivity index (χ0n) is 16.3. The minimum absolute atomic E-state index is 0.000556. The molecule has 0 spiro atoms. The van der Waals surface area contributed by atoms with Crippen LogP contribution in [0.25, 0.3) is 0 Å². The van der Waals surface area contributed by atoms with Crippen LogP contribution in [0.1, 0.15) is 33.6 Å². The highest BCUT2D eigenvalue weighted by Gasteiger charge is 2.30. The van der Waals surface area contributed by atoms with Gasteiger partial charge in [-0.2, -0.15) is 4.31 Å². The summed E-state index contributed by atoms with van der Waals surface area (Å²) in [5.41, 5.74) is 5.78. The third-order valence-corrected chi connectivity index (χ3v) is 7.02. The number of carbonyl (C=O) groups excluding carboxylic acids is 3. The van der Waals surface area contributed by atoms with E-state index in [0.29, 0.717) is 18.8 Å². The zero-order valence-corrected chi connectivity index (χ0v) is 17.9. The van der Waals surface area contributed by atoms with Gasteiger partial charge in [-0.05, 0) is 55.3 Å². The maximum absolute atomic E-state index is 12.8. The number of ether oxygens (including phenoxy) is 1. The quantitative estimate of drug-likeness (QED) is 0.600. The number of primary amides is 1. The summed E-state index contributed by atoms with van der Waals surface area (Å²) in [5.74, 6) is -2.08. The predicted octanol–water partition coefficient (Wildman–Crippen LogP) is 2.02. The van der Waals surface area contributed by atoms with Gasteiger partial charge in [0.15, 0.2) is 6.61 Å². The molecule has 2 aromatic rings. The molecular weight excluding hydrogens is 446 g/mol. The third kappa shape index (κ3) is 5.40. The van der Waals surface area contributed by atoms with Crippen LogP contribution < -0.4 is 11.1 Å². The molecule has 9 nitrogen and oxygen atoms in total. The Morgan fingerprint density at radius 2 is 1.65 bits per heavy atom. The van der Waals surface area contributed by atoms with Crippen molar-refractivity contribution >= 4 is 45.1 Å². The van der Waals surface area contributed by atoms with Crippen molar-refractivity contribution in [2.75, 3.05) is 25.0 Å².